The van der Waals surface area contributed by atoms with E-state index in [1.807, 2.05) is 30.3 Å². The number of aromatic nitrogens is 2. The lowest BCUT2D eigenvalue weighted by Crippen LogP contribution is -2.48. The number of carbonyl (C=O) groups excluding carboxylic acids is 2. The summed E-state index contributed by atoms with van der Waals surface area (Å²) in [5.74, 6) is 0.363. The molecule has 8 heteroatoms. The van der Waals surface area contributed by atoms with Crippen molar-refractivity contribution in [2.24, 2.45) is 11.7 Å². The standard InChI is InChI=1S/C37H46N6O2/c1-26(2)42-22-20-41(21-23-42)25-34-39-32-14-8-9-15-33(32)43(34)24-27-16-18-28(19-17-27)30-12-6-7-13-31(30)37(45)40-35(36(38)44)29-10-4-3-5-11-29/h3-5,8-11,14-19,26,30-31,35H,6-7,12-13,20-25H2,1-2H3,(H2,38,44)(H,40,45)/t30-,31+,35-/m0/s1. The normalized spacial score (nSPS) is 20.3. The zero-order valence-electron chi connectivity index (χ0n) is 26.6. The second-order valence-electron chi connectivity index (χ2n) is 13.0. The van der Waals surface area contributed by atoms with Crippen molar-refractivity contribution in [2.45, 2.75) is 70.6 Å². The molecule has 1 saturated heterocycles. The molecule has 0 bridgehead atoms. The van der Waals surface area contributed by atoms with Crippen LogP contribution in [0.1, 0.15) is 74.0 Å². The van der Waals surface area contributed by atoms with Crippen molar-refractivity contribution in [2.75, 3.05) is 26.2 Å². The smallest absolute Gasteiger partial charge is 0.244 e. The van der Waals surface area contributed by atoms with Crippen molar-refractivity contribution >= 4 is 22.8 Å². The maximum Gasteiger partial charge on any atom is 0.244 e. The summed E-state index contributed by atoms with van der Waals surface area (Å²) in [5, 5.41) is 2.98. The Balaban J connectivity index is 1.17. The number of benzene rings is 3. The van der Waals surface area contributed by atoms with Gasteiger partial charge in [-0.1, -0.05) is 79.6 Å². The maximum atomic E-state index is 13.6. The highest BCUT2D eigenvalue weighted by molar-refractivity contribution is 5.89. The molecule has 3 atom stereocenters. The van der Waals surface area contributed by atoms with Crippen LogP contribution in [0.25, 0.3) is 11.0 Å². The number of nitrogens with two attached hydrogens (primary N) is 1. The quantitative estimate of drug-likeness (QED) is 0.258. The van der Waals surface area contributed by atoms with Gasteiger partial charge in [-0.15, -0.1) is 0 Å². The number of amides is 2. The summed E-state index contributed by atoms with van der Waals surface area (Å²) in [4.78, 5) is 36.0. The Morgan fingerprint density at radius 1 is 0.867 bits per heavy atom. The second-order valence-corrected chi connectivity index (χ2v) is 13.0. The molecule has 0 unspecified atom stereocenters. The fourth-order valence-electron chi connectivity index (χ4n) is 7.17. The van der Waals surface area contributed by atoms with Gasteiger partial charge in [0.25, 0.3) is 0 Å². The predicted octanol–water partition coefficient (Wildman–Crippen LogP) is 5.23. The third-order valence-corrected chi connectivity index (χ3v) is 9.79. The number of carbonyl (C=O) groups is 2. The van der Waals surface area contributed by atoms with Gasteiger partial charge in [-0.05, 0) is 61.4 Å². The van der Waals surface area contributed by atoms with Gasteiger partial charge in [0, 0.05) is 44.7 Å². The lowest BCUT2D eigenvalue weighted by molar-refractivity contribution is -0.131. The minimum absolute atomic E-state index is 0.0971. The first-order valence-electron chi connectivity index (χ1n) is 16.5. The molecule has 4 aromatic rings. The highest BCUT2D eigenvalue weighted by Gasteiger charge is 2.34. The third kappa shape index (κ3) is 7.13. The molecular formula is C37H46N6O2. The first-order valence-corrected chi connectivity index (χ1v) is 16.5. The van der Waals surface area contributed by atoms with Crippen LogP contribution < -0.4 is 11.1 Å². The van der Waals surface area contributed by atoms with Gasteiger partial charge in [0.1, 0.15) is 11.9 Å². The zero-order valence-corrected chi connectivity index (χ0v) is 26.6. The van der Waals surface area contributed by atoms with Gasteiger partial charge in [0.2, 0.25) is 11.8 Å². The molecule has 1 saturated carbocycles. The summed E-state index contributed by atoms with van der Waals surface area (Å²) in [6.45, 7) is 10.4. The van der Waals surface area contributed by atoms with E-state index in [9.17, 15) is 9.59 Å². The van der Waals surface area contributed by atoms with Crippen LogP contribution in [0.2, 0.25) is 0 Å². The number of hydrogen-bond donors (Lipinski definition) is 2. The van der Waals surface area contributed by atoms with Crippen LogP contribution in [0.3, 0.4) is 0 Å². The van der Waals surface area contributed by atoms with Gasteiger partial charge in [-0.3, -0.25) is 19.4 Å². The Kier molecular flexibility index (Phi) is 9.61. The molecule has 8 nitrogen and oxygen atoms in total. The van der Waals surface area contributed by atoms with Crippen LogP contribution in [0.15, 0.2) is 78.9 Å². The van der Waals surface area contributed by atoms with Gasteiger partial charge in [0.05, 0.1) is 17.6 Å². The largest absolute Gasteiger partial charge is 0.368 e. The molecule has 3 aromatic carbocycles. The number of nitrogens with zero attached hydrogens (tertiary/aromatic N) is 4. The van der Waals surface area contributed by atoms with Crippen LogP contribution in [0.4, 0.5) is 0 Å². The summed E-state index contributed by atoms with van der Waals surface area (Å²) in [6, 6.07) is 26.2. The molecule has 3 N–H and O–H groups in total. The van der Waals surface area contributed by atoms with E-state index in [0.29, 0.717) is 11.6 Å². The van der Waals surface area contributed by atoms with Crippen LogP contribution in [0, 0.1) is 5.92 Å². The Labute approximate surface area is 266 Å². The van der Waals surface area contributed by atoms with Crippen LogP contribution >= 0.6 is 0 Å². The summed E-state index contributed by atoms with van der Waals surface area (Å²) >= 11 is 0. The molecule has 2 aliphatic rings. The second kappa shape index (κ2) is 14.0. The summed E-state index contributed by atoms with van der Waals surface area (Å²) < 4.78 is 2.36. The lowest BCUT2D eigenvalue weighted by atomic mass is 9.74. The average molecular weight is 607 g/mol. The molecule has 2 heterocycles. The van der Waals surface area contributed by atoms with E-state index < -0.39 is 11.9 Å². The van der Waals surface area contributed by atoms with E-state index in [1.165, 1.54) is 11.1 Å². The Morgan fingerprint density at radius 3 is 2.27 bits per heavy atom. The SMILES string of the molecule is CC(C)N1CCN(Cc2nc3ccccc3n2Cc2ccc([C@@H]3CCCC[C@H]3C(=O)N[C@H](C(N)=O)c3ccccc3)cc2)CC1. The van der Waals surface area contributed by atoms with Crippen LogP contribution in [0.5, 0.6) is 0 Å². The van der Waals surface area contributed by atoms with E-state index in [-0.39, 0.29) is 17.7 Å². The van der Waals surface area contributed by atoms with Gasteiger partial charge in [0.15, 0.2) is 0 Å². The summed E-state index contributed by atoms with van der Waals surface area (Å²) in [6.07, 6.45) is 3.84. The molecule has 1 aliphatic carbocycles. The average Bonchev–Trinajstić information content (AvgIpc) is 3.40. The zero-order chi connectivity index (χ0) is 31.3. The van der Waals surface area contributed by atoms with Gasteiger partial charge >= 0.3 is 0 Å². The van der Waals surface area contributed by atoms with Crippen molar-refractivity contribution in [3.05, 3.63) is 101 Å². The summed E-state index contributed by atoms with van der Waals surface area (Å²) in [7, 11) is 0. The van der Waals surface area contributed by atoms with Crippen molar-refractivity contribution in [1.29, 1.82) is 0 Å². The fraction of sp³-hybridized carbons (Fsp3) is 0.432. The molecule has 2 fully saturated rings. The molecule has 1 aromatic heterocycles. The number of imidazole rings is 1. The number of nitrogens with one attached hydrogen (secondary N) is 1. The molecule has 236 valence electrons. The molecule has 0 spiro atoms. The minimum atomic E-state index is -0.832. The number of rotatable bonds is 10. The highest BCUT2D eigenvalue weighted by Crippen LogP contribution is 2.38. The first kappa shape index (κ1) is 31.0. The van der Waals surface area contributed by atoms with Crippen LogP contribution in [-0.4, -0.2) is 63.4 Å². The van der Waals surface area contributed by atoms with Crippen molar-refractivity contribution in [1.82, 2.24) is 24.7 Å². The molecular weight excluding hydrogens is 560 g/mol. The first-order chi connectivity index (χ1) is 21.9. The van der Waals surface area contributed by atoms with E-state index in [2.05, 4.69) is 82.1 Å². The van der Waals surface area contributed by atoms with Crippen molar-refractivity contribution in [3.63, 3.8) is 0 Å². The van der Waals surface area contributed by atoms with Crippen molar-refractivity contribution < 1.29 is 9.59 Å². The molecule has 0 radical (unpaired) electrons. The fourth-order valence-corrected chi connectivity index (χ4v) is 7.17. The number of fused-ring (bicyclic) bond motifs is 1. The Bertz CT molecular complexity index is 1590. The van der Waals surface area contributed by atoms with Gasteiger partial charge < -0.3 is 15.6 Å². The van der Waals surface area contributed by atoms with E-state index in [0.717, 1.165) is 81.8 Å². The molecule has 1 aliphatic heterocycles. The van der Waals surface area contributed by atoms with E-state index in [1.54, 1.807) is 0 Å². The topological polar surface area (TPSA) is 96.5 Å². The van der Waals surface area contributed by atoms with Gasteiger partial charge in [-0.25, -0.2) is 4.98 Å². The predicted molar refractivity (Wildman–Crippen MR) is 178 cm³/mol. The highest BCUT2D eigenvalue weighted by atomic mass is 16.2. The monoisotopic (exact) mass is 606 g/mol. The third-order valence-electron chi connectivity index (χ3n) is 9.79. The molecule has 45 heavy (non-hydrogen) atoms. The summed E-state index contributed by atoms with van der Waals surface area (Å²) in [5.41, 5.74) is 11.0. The Hall–Kier alpha value is -4.01. The van der Waals surface area contributed by atoms with E-state index >= 15 is 0 Å². The molecule has 6 rings (SSSR count). The van der Waals surface area contributed by atoms with E-state index in [4.69, 9.17) is 10.7 Å². The molecule has 2 amide bonds. The number of para-hydroxylation sites is 2. The van der Waals surface area contributed by atoms with Crippen molar-refractivity contribution in [3.8, 4) is 0 Å². The lowest BCUT2D eigenvalue weighted by Gasteiger charge is -2.36. The van der Waals surface area contributed by atoms with Crippen LogP contribution in [-0.2, 0) is 22.7 Å². The minimum Gasteiger partial charge on any atom is -0.368 e. The maximum absolute atomic E-state index is 13.6. The number of primary amides is 1. The number of hydrogen-bond acceptors (Lipinski definition) is 5. The Morgan fingerprint density at radius 2 is 1.56 bits per heavy atom. The number of piperazine rings is 1. The van der Waals surface area contributed by atoms with Gasteiger partial charge in [-0.2, -0.15) is 0 Å².